The maximum absolute atomic E-state index is 13.0. The van der Waals surface area contributed by atoms with E-state index in [4.69, 9.17) is 18.9 Å². The van der Waals surface area contributed by atoms with Crippen molar-refractivity contribution >= 4 is 17.9 Å². The number of hydrogen-bond donors (Lipinski definition) is 0. The Balaban J connectivity index is 3.93. The van der Waals surface area contributed by atoms with Crippen LogP contribution in [0.4, 0.5) is 0 Å². The number of rotatable bonds is 79. The highest BCUT2D eigenvalue weighted by Crippen LogP contribution is 2.21. The van der Waals surface area contributed by atoms with E-state index in [1.807, 2.05) is 21.1 Å². The van der Waals surface area contributed by atoms with Crippen LogP contribution in [0.1, 0.15) is 444 Å². The summed E-state index contributed by atoms with van der Waals surface area (Å²) in [7, 11) is 5.96. The number of carbonyl (C=O) groups is 3. The van der Waals surface area contributed by atoms with Crippen molar-refractivity contribution in [1.82, 2.24) is 0 Å². The zero-order valence-corrected chi connectivity index (χ0v) is 62.7. The Morgan fingerprint density at radius 2 is 0.554 bits per heavy atom. The van der Waals surface area contributed by atoms with Crippen molar-refractivity contribution < 1.29 is 42.9 Å². The minimum absolute atomic E-state index is 0.153. The topological polar surface area (TPSA) is 111 Å². The lowest BCUT2D eigenvalue weighted by Gasteiger charge is -2.26. The summed E-state index contributed by atoms with van der Waals surface area (Å²) in [5, 5.41) is 11.9. The first kappa shape index (κ1) is 90.0. The second-order valence-corrected chi connectivity index (χ2v) is 29.8. The molecule has 0 aliphatic heterocycles. The van der Waals surface area contributed by atoms with Crippen molar-refractivity contribution in [2.75, 3.05) is 47.5 Å². The first-order chi connectivity index (χ1) is 45.1. The molecule has 0 aromatic carbocycles. The molecule has 0 spiro atoms. The second kappa shape index (κ2) is 74.8. The van der Waals surface area contributed by atoms with Crippen LogP contribution in [0.5, 0.6) is 0 Å². The van der Waals surface area contributed by atoms with Crippen molar-refractivity contribution in [3.05, 3.63) is 12.2 Å². The number of esters is 2. The molecule has 0 aliphatic carbocycles. The minimum atomic E-state index is -1.62. The smallest absolute Gasteiger partial charge is 0.306 e. The lowest BCUT2D eigenvalue weighted by atomic mass is 10.0. The van der Waals surface area contributed by atoms with E-state index in [-0.39, 0.29) is 32.2 Å². The van der Waals surface area contributed by atoms with Gasteiger partial charge >= 0.3 is 11.9 Å². The van der Waals surface area contributed by atoms with E-state index in [1.165, 1.54) is 379 Å². The molecule has 0 heterocycles. The van der Waals surface area contributed by atoms with Crippen LogP contribution in [0.3, 0.4) is 0 Å². The zero-order chi connectivity index (χ0) is 66.8. The van der Waals surface area contributed by atoms with Gasteiger partial charge in [-0.3, -0.25) is 9.59 Å². The molecule has 0 saturated heterocycles. The summed E-state index contributed by atoms with van der Waals surface area (Å²) in [6, 6.07) is 0. The number of carboxylic acid groups (broad SMARTS) is 1. The van der Waals surface area contributed by atoms with Crippen molar-refractivity contribution in [2.24, 2.45) is 0 Å². The maximum atomic E-state index is 13.0. The fraction of sp³-hybridized carbons (Fsp3) is 0.940. The molecular formula is C83H161NO8. The predicted octanol–water partition coefficient (Wildman–Crippen LogP) is 25.0. The van der Waals surface area contributed by atoms with Crippen molar-refractivity contribution in [1.29, 1.82) is 0 Å². The van der Waals surface area contributed by atoms with Crippen molar-refractivity contribution in [3.8, 4) is 0 Å². The number of aliphatic carboxylic acids is 1. The number of ether oxygens (including phenoxy) is 4. The van der Waals surface area contributed by atoms with Gasteiger partial charge in [-0.15, -0.1) is 0 Å². The van der Waals surface area contributed by atoms with Gasteiger partial charge in [-0.05, 0) is 38.5 Å². The van der Waals surface area contributed by atoms with Gasteiger partial charge in [0.05, 0.1) is 40.3 Å². The van der Waals surface area contributed by atoms with E-state index in [0.29, 0.717) is 17.4 Å². The van der Waals surface area contributed by atoms with Crippen molar-refractivity contribution in [3.63, 3.8) is 0 Å². The Morgan fingerprint density at radius 3 is 0.804 bits per heavy atom. The third-order valence-electron chi connectivity index (χ3n) is 19.3. The first-order valence-corrected chi connectivity index (χ1v) is 41.3. The Bertz CT molecular complexity index is 1510. The number of allylic oxidation sites excluding steroid dienone is 2. The molecule has 0 amide bonds. The van der Waals surface area contributed by atoms with Gasteiger partial charge in [-0.25, -0.2) is 0 Å². The Kier molecular flexibility index (Phi) is 73.2. The predicted molar refractivity (Wildman–Crippen MR) is 394 cm³/mol. The SMILES string of the molecule is CCCCCCCCCC/C=C\CCCCCCCCCCCCCCCCCCCCCCCCCCCC(=O)OC(COC(=O)CCCCCCCCCCCCCCCCCCCCCCCCCCCCCCCC)COC(OCC[N+](C)(C)C)C(=O)[O-]. The van der Waals surface area contributed by atoms with E-state index in [1.54, 1.807) is 0 Å². The maximum Gasteiger partial charge on any atom is 0.306 e. The van der Waals surface area contributed by atoms with Gasteiger partial charge in [0, 0.05) is 12.8 Å². The van der Waals surface area contributed by atoms with Gasteiger partial charge in [0.1, 0.15) is 13.2 Å². The van der Waals surface area contributed by atoms with Gasteiger partial charge in [0.25, 0.3) is 0 Å². The number of hydrogen-bond acceptors (Lipinski definition) is 8. The Labute approximate surface area is 574 Å². The summed E-state index contributed by atoms with van der Waals surface area (Å²) in [5.41, 5.74) is 0. The van der Waals surface area contributed by atoms with Gasteiger partial charge in [0.15, 0.2) is 12.4 Å². The lowest BCUT2D eigenvalue weighted by molar-refractivity contribution is -0.870. The molecule has 546 valence electrons. The van der Waals surface area contributed by atoms with Gasteiger partial charge < -0.3 is 33.3 Å². The normalized spacial score (nSPS) is 12.6. The number of unbranched alkanes of at least 4 members (excludes halogenated alkanes) is 62. The highest BCUT2D eigenvalue weighted by Gasteiger charge is 2.22. The zero-order valence-electron chi connectivity index (χ0n) is 62.7. The molecule has 0 aliphatic rings. The summed E-state index contributed by atoms with van der Waals surface area (Å²) in [4.78, 5) is 37.6. The van der Waals surface area contributed by atoms with Crippen molar-refractivity contribution in [2.45, 2.75) is 456 Å². The molecule has 92 heavy (non-hydrogen) atoms. The number of quaternary nitrogens is 1. The van der Waals surface area contributed by atoms with E-state index in [2.05, 4.69) is 26.0 Å². The third kappa shape index (κ3) is 75.4. The highest BCUT2D eigenvalue weighted by molar-refractivity contribution is 5.70. The molecule has 0 saturated carbocycles. The monoisotopic (exact) mass is 1300 g/mol. The lowest BCUT2D eigenvalue weighted by Crippen LogP contribution is -2.44. The average molecular weight is 1300 g/mol. The van der Waals surface area contributed by atoms with Crippen LogP contribution >= 0.6 is 0 Å². The molecule has 9 nitrogen and oxygen atoms in total. The minimum Gasteiger partial charge on any atom is -0.545 e. The fourth-order valence-electron chi connectivity index (χ4n) is 13.0. The van der Waals surface area contributed by atoms with Crippen LogP contribution in [-0.2, 0) is 33.3 Å². The van der Waals surface area contributed by atoms with E-state index in [9.17, 15) is 19.5 Å². The quantitative estimate of drug-likeness (QED) is 0.0195. The fourth-order valence-corrected chi connectivity index (χ4v) is 13.0. The van der Waals surface area contributed by atoms with Crippen LogP contribution < -0.4 is 5.11 Å². The average Bonchev–Trinajstić information content (AvgIpc) is 3.75. The molecule has 0 aromatic rings. The van der Waals surface area contributed by atoms with Crippen LogP contribution in [0.25, 0.3) is 0 Å². The van der Waals surface area contributed by atoms with Crippen LogP contribution in [0, 0.1) is 0 Å². The van der Waals surface area contributed by atoms with E-state index in [0.717, 1.165) is 38.5 Å². The number of carboxylic acids is 1. The van der Waals surface area contributed by atoms with Crippen LogP contribution in [0.2, 0.25) is 0 Å². The van der Waals surface area contributed by atoms with Gasteiger partial charge in [-0.2, -0.15) is 0 Å². The highest BCUT2D eigenvalue weighted by atomic mass is 16.7. The standard InChI is InChI=1S/C83H161NO8/c1-6-8-10-12-14-16-18-20-22-24-26-28-30-32-34-36-38-39-40-41-42-43-44-46-48-50-52-54-56-58-60-62-64-66-68-70-72-74-81(86)92-79(78-91-83(82(87)88)89-76-75-84(3,4)5)77-90-80(85)73-71-69-67-65-63-61-59-57-55-53-51-49-47-45-37-35-33-31-29-27-25-23-21-19-17-15-13-11-9-7-2/h24,26,79,83H,6-23,25,27-78H2,1-5H3/b26-24-. The molecule has 9 heteroatoms. The molecular weight excluding hydrogens is 1140 g/mol. The molecule has 0 N–H and O–H groups in total. The summed E-state index contributed by atoms with van der Waals surface area (Å²) in [5.74, 6) is -2.24. The summed E-state index contributed by atoms with van der Waals surface area (Å²) >= 11 is 0. The van der Waals surface area contributed by atoms with Gasteiger partial charge in [-0.1, -0.05) is 405 Å². The Morgan fingerprint density at radius 1 is 0.315 bits per heavy atom. The van der Waals surface area contributed by atoms with Gasteiger partial charge in [0.2, 0.25) is 0 Å². The Hall–Kier alpha value is -1.97. The molecule has 0 bridgehead atoms. The second-order valence-electron chi connectivity index (χ2n) is 29.8. The molecule has 0 aromatic heterocycles. The summed E-state index contributed by atoms with van der Waals surface area (Å²) in [6.07, 6.45) is 90.7. The van der Waals surface area contributed by atoms with E-state index >= 15 is 0 Å². The molecule has 0 fully saturated rings. The van der Waals surface area contributed by atoms with Crippen LogP contribution in [0.15, 0.2) is 12.2 Å². The third-order valence-corrected chi connectivity index (χ3v) is 19.3. The first-order valence-electron chi connectivity index (χ1n) is 41.3. The number of likely N-dealkylation sites (N-methyl/N-ethyl adjacent to an activating group) is 1. The summed E-state index contributed by atoms with van der Waals surface area (Å²) in [6.45, 7) is 4.85. The van der Waals surface area contributed by atoms with E-state index < -0.39 is 24.3 Å². The molecule has 0 rings (SSSR count). The number of carbonyl (C=O) groups excluding carboxylic acids is 3. The molecule has 2 unspecified atom stereocenters. The number of nitrogens with zero attached hydrogens (tertiary/aromatic N) is 1. The van der Waals surface area contributed by atoms with Crippen LogP contribution in [-0.4, -0.2) is 82.3 Å². The largest absolute Gasteiger partial charge is 0.545 e. The summed E-state index contributed by atoms with van der Waals surface area (Å²) < 4.78 is 22.9. The molecule has 0 radical (unpaired) electrons. The molecule has 2 atom stereocenters.